The number of fused-ring (bicyclic) bond motifs is 1. The van der Waals surface area contributed by atoms with Gasteiger partial charge in [0.1, 0.15) is 5.75 Å². The van der Waals surface area contributed by atoms with Gasteiger partial charge in [-0.25, -0.2) is 0 Å². The summed E-state index contributed by atoms with van der Waals surface area (Å²) in [7, 11) is 0. The fourth-order valence-corrected chi connectivity index (χ4v) is 2.83. The molecule has 0 unspecified atom stereocenters. The van der Waals surface area contributed by atoms with E-state index in [0.29, 0.717) is 23.4 Å². The van der Waals surface area contributed by atoms with Crippen molar-refractivity contribution in [1.29, 1.82) is 0 Å². The largest absolute Gasteiger partial charge is 0.508 e. The summed E-state index contributed by atoms with van der Waals surface area (Å²) in [5.41, 5.74) is 3.80. The number of aryl methyl sites for hydroxylation is 2. The van der Waals surface area contributed by atoms with Gasteiger partial charge in [-0.05, 0) is 55.2 Å². The van der Waals surface area contributed by atoms with Gasteiger partial charge in [-0.3, -0.25) is 14.9 Å². The van der Waals surface area contributed by atoms with Gasteiger partial charge in [-0.2, -0.15) is 0 Å². The van der Waals surface area contributed by atoms with Gasteiger partial charge in [0.2, 0.25) is 0 Å². The quantitative estimate of drug-likeness (QED) is 0.586. The topological polar surface area (TPSA) is 78.4 Å². The van der Waals surface area contributed by atoms with Crippen LogP contribution in [0.25, 0.3) is 0 Å². The number of hydrogen-bond donors (Lipinski definition) is 3. The number of benzene rings is 2. The van der Waals surface area contributed by atoms with E-state index in [1.807, 2.05) is 19.1 Å². The Bertz CT molecular complexity index is 784. The molecule has 0 saturated carbocycles. The molecule has 0 saturated heterocycles. The van der Waals surface area contributed by atoms with Gasteiger partial charge in [-0.1, -0.05) is 12.1 Å². The van der Waals surface area contributed by atoms with Gasteiger partial charge in [0.15, 0.2) is 0 Å². The molecule has 2 aromatic carbocycles. The van der Waals surface area contributed by atoms with Crippen LogP contribution in [0.2, 0.25) is 0 Å². The van der Waals surface area contributed by atoms with Crippen LogP contribution in [0.4, 0.5) is 5.69 Å². The summed E-state index contributed by atoms with van der Waals surface area (Å²) < 4.78 is 0. The first-order valence-corrected chi connectivity index (χ1v) is 7.57. The van der Waals surface area contributed by atoms with Crippen LogP contribution in [0.1, 0.15) is 38.3 Å². The number of carbonyl (C=O) groups is 2. The molecular weight excluding hydrogens is 292 g/mol. The number of hydrogen-bond acceptors (Lipinski definition) is 4. The van der Waals surface area contributed by atoms with Crippen molar-refractivity contribution in [2.45, 2.75) is 19.8 Å². The maximum absolute atomic E-state index is 11.8. The van der Waals surface area contributed by atoms with E-state index in [9.17, 15) is 14.7 Å². The van der Waals surface area contributed by atoms with E-state index < -0.39 is 0 Å². The Balaban J connectivity index is 1.62. The lowest BCUT2D eigenvalue weighted by Gasteiger charge is -2.10. The maximum Gasteiger partial charge on any atom is 0.261 e. The van der Waals surface area contributed by atoms with Crippen molar-refractivity contribution in [2.24, 2.45) is 0 Å². The zero-order chi connectivity index (χ0) is 16.4. The van der Waals surface area contributed by atoms with Crippen molar-refractivity contribution in [2.75, 3.05) is 11.9 Å². The molecule has 0 aliphatic carbocycles. The second kappa shape index (κ2) is 6.12. The summed E-state index contributed by atoms with van der Waals surface area (Å²) in [6.45, 7) is 2.67. The van der Waals surface area contributed by atoms with E-state index >= 15 is 0 Å². The van der Waals surface area contributed by atoms with E-state index in [0.717, 1.165) is 18.4 Å². The molecule has 0 radical (unpaired) electrons. The van der Waals surface area contributed by atoms with Crippen molar-refractivity contribution in [3.8, 4) is 5.75 Å². The number of aromatic hydroxyl groups is 1. The number of anilines is 1. The SMILES string of the molecule is Cc1cc(O)ccc1CCCNc1cccc2c1C(=O)NC2=O. The highest BCUT2D eigenvalue weighted by Gasteiger charge is 2.28. The van der Waals surface area contributed by atoms with Gasteiger partial charge in [0, 0.05) is 12.2 Å². The summed E-state index contributed by atoms with van der Waals surface area (Å²) in [6, 6.07) is 10.6. The van der Waals surface area contributed by atoms with Gasteiger partial charge in [0.25, 0.3) is 11.8 Å². The first-order chi connectivity index (χ1) is 11.1. The molecule has 1 heterocycles. The molecule has 118 valence electrons. The first kappa shape index (κ1) is 15.1. The van der Waals surface area contributed by atoms with E-state index in [4.69, 9.17) is 0 Å². The lowest BCUT2D eigenvalue weighted by atomic mass is 10.0. The van der Waals surface area contributed by atoms with E-state index in [-0.39, 0.29) is 17.6 Å². The third-order valence-electron chi connectivity index (χ3n) is 4.03. The fourth-order valence-electron chi connectivity index (χ4n) is 2.83. The van der Waals surface area contributed by atoms with Crippen LogP contribution in [0, 0.1) is 6.92 Å². The Hall–Kier alpha value is -2.82. The summed E-state index contributed by atoms with van der Waals surface area (Å²) in [4.78, 5) is 23.5. The Morgan fingerprint density at radius 1 is 1.13 bits per heavy atom. The van der Waals surface area contributed by atoms with E-state index in [2.05, 4.69) is 10.6 Å². The van der Waals surface area contributed by atoms with Gasteiger partial charge in [0.05, 0.1) is 11.1 Å². The van der Waals surface area contributed by atoms with Crippen molar-refractivity contribution < 1.29 is 14.7 Å². The maximum atomic E-state index is 11.8. The predicted molar refractivity (Wildman–Crippen MR) is 87.9 cm³/mol. The number of carbonyl (C=O) groups excluding carboxylic acids is 2. The van der Waals surface area contributed by atoms with E-state index in [1.54, 1.807) is 24.3 Å². The van der Waals surface area contributed by atoms with Crippen LogP contribution in [-0.4, -0.2) is 23.5 Å². The zero-order valence-electron chi connectivity index (χ0n) is 12.8. The lowest BCUT2D eigenvalue weighted by Crippen LogP contribution is -2.20. The van der Waals surface area contributed by atoms with Gasteiger partial charge in [-0.15, -0.1) is 0 Å². The van der Waals surface area contributed by atoms with Crippen molar-refractivity contribution in [1.82, 2.24) is 5.32 Å². The summed E-state index contributed by atoms with van der Waals surface area (Å²) in [5.74, 6) is -0.407. The van der Waals surface area contributed by atoms with E-state index in [1.165, 1.54) is 5.56 Å². The molecule has 1 aliphatic rings. The molecule has 3 rings (SSSR count). The Kier molecular flexibility index (Phi) is 4.02. The molecule has 2 amide bonds. The summed E-state index contributed by atoms with van der Waals surface area (Å²) >= 11 is 0. The highest BCUT2D eigenvalue weighted by atomic mass is 16.3. The minimum Gasteiger partial charge on any atom is -0.508 e. The average Bonchev–Trinajstić information content (AvgIpc) is 2.81. The Morgan fingerprint density at radius 3 is 2.74 bits per heavy atom. The Labute approximate surface area is 134 Å². The third kappa shape index (κ3) is 3.04. The van der Waals surface area contributed by atoms with Crippen molar-refractivity contribution in [3.63, 3.8) is 0 Å². The van der Waals surface area contributed by atoms with Crippen LogP contribution in [0.5, 0.6) is 5.75 Å². The lowest BCUT2D eigenvalue weighted by molar-refractivity contribution is 0.0880. The third-order valence-corrected chi connectivity index (χ3v) is 4.03. The van der Waals surface area contributed by atoms with Crippen LogP contribution in [0.15, 0.2) is 36.4 Å². The predicted octanol–water partition coefficient (Wildman–Crippen LogP) is 2.63. The normalized spacial score (nSPS) is 12.9. The molecule has 0 atom stereocenters. The molecule has 5 heteroatoms. The highest BCUT2D eigenvalue weighted by molar-refractivity contribution is 6.23. The minimum absolute atomic E-state index is 0.278. The second-order valence-electron chi connectivity index (χ2n) is 5.65. The number of nitrogens with one attached hydrogen (secondary N) is 2. The molecule has 0 fully saturated rings. The standard InChI is InChI=1S/C18H18N2O3/c1-11-10-13(21)8-7-12(11)4-3-9-19-15-6-2-5-14-16(15)18(23)20-17(14)22/h2,5-8,10,19,21H,3-4,9H2,1H3,(H,20,22,23). The summed E-state index contributed by atoms with van der Waals surface area (Å²) in [6.07, 6.45) is 1.75. The molecule has 0 spiro atoms. The van der Waals surface area contributed by atoms with Crippen LogP contribution in [0.3, 0.4) is 0 Å². The molecule has 3 N–H and O–H groups in total. The highest BCUT2D eigenvalue weighted by Crippen LogP contribution is 2.24. The molecule has 23 heavy (non-hydrogen) atoms. The van der Waals surface area contributed by atoms with Crippen molar-refractivity contribution in [3.05, 3.63) is 58.7 Å². The summed E-state index contributed by atoms with van der Waals surface area (Å²) in [5, 5.41) is 15.0. The number of rotatable bonds is 5. The second-order valence-corrected chi connectivity index (χ2v) is 5.65. The Morgan fingerprint density at radius 2 is 1.96 bits per heavy atom. The molecule has 0 bridgehead atoms. The van der Waals surface area contributed by atoms with Crippen LogP contribution < -0.4 is 10.6 Å². The fraction of sp³-hybridized carbons (Fsp3) is 0.222. The first-order valence-electron chi connectivity index (χ1n) is 7.57. The van der Waals surface area contributed by atoms with Crippen LogP contribution >= 0.6 is 0 Å². The average molecular weight is 310 g/mol. The zero-order valence-corrected chi connectivity index (χ0v) is 12.8. The molecule has 0 aromatic heterocycles. The van der Waals surface area contributed by atoms with Gasteiger partial charge < -0.3 is 10.4 Å². The van der Waals surface area contributed by atoms with Crippen molar-refractivity contribution >= 4 is 17.5 Å². The molecule has 1 aliphatic heterocycles. The number of phenols is 1. The minimum atomic E-state index is -0.345. The monoisotopic (exact) mass is 310 g/mol. The van der Waals surface area contributed by atoms with Crippen LogP contribution in [-0.2, 0) is 6.42 Å². The number of imide groups is 1. The molecule has 5 nitrogen and oxygen atoms in total. The van der Waals surface area contributed by atoms with Gasteiger partial charge >= 0.3 is 0 Å². The number of phenolic OH excluding ortho intramolecular Hbond substituents is 1. The molecule has 2 aromatic rings. The molecular formula is C18H18N2O3. The smallest absolute Gasteiger partial charge is 0.261 e. The number of amides is 2.